The van der Waals surface area contributed by atoms with Crippen molar-refractivity contribution in [3.63, 3.8) is 0 Å². The third kappa shape index (κ3) is 6.01. The van der Waals surface area contributed by atoms with Crippen LogP contribution in [0.3, 0.4) is 0 Å². The number of fused-ring (bicyclic) bond motifs is 1. The van der Waals surface area contributed by atoms with E-state index in [1.54, 1.807) is 44.2 Å². The SMILES string of the molecule is CCOC(=O)c1cc2cc[nH]c(=O)c2n1S(=O)(=O)C1(C)CC=C(c2cc(CS(C)(=O)=O)ccc2Nc2ccc(F)cc2F)C=C1C. The minimum Gasteiger partial charge on any atom is -0.461 e. The smallest absolute Gasteiger partial charge is 0.356 e. The Hall–Kier alpha value is -4.56. The first kappa shape index (κ1) is 32.8. The molecule has 10 nitrogen and oxygen atoms in total. The van der Waals surface area contributed by atoms with Gasteiger partial charge in [-0.1, -0.05) is 18.2 Å². The number of esters is 1. The summed E-state index contributed by atoms with van der Waals surface area (Å²) in [5.74, 6) is -2.80. The predicted molar refractivity (Wildman–Crippen MR) is 172 cm³/mol. The van der Waals surface area contributed by atoms with Gasteiger partial charge in [-0.2, -0.15) is 0 Å². The number of halogens is 2. The van der Waals surface area contributed by atoms with Crippen molar-refractivity contribution in [3.05, 3.63) is 111 Å². The number of pyridine rings is 1. The summed E-state index contributed by atoms with van der Waals surface area (Å²) in [6.07, 6.45) is 5.57. The molecular weight excluding hydrogens is 640 g/mol. The number of rotatable bonds is 9. The molecule has 1 aliphatic rings. The maximum absolute atomic E-state index is 14.6. The lowest BCUT2D eigenvalue weighted by molar-refractivity contribution is 0.0518. The van der Waals surface area contributed by atoms with Crippen LogP contribution in [0.15, 0.2) is 77.2 Å². The second kappa shape index (κ2) is 12.0. The summed E-state index contributed by atoms with van der Waals surface area (Å²) in [4.78, 5) is 28.3. The number of H-pyrrole nitrogens is 1. The van der Waals surface area contributed by atoms with Crippen molar-refractivity contribution in [3.8, 4) is 0 Å². The van der Waals surface area contributed by atoms with Crippen LogP contribution in [-0.2, 0) is 30.4 Å². The molecule has 0 saturated carbocycles. The maximum Gasteiger partial charge on any atom is 0.356 e. The number of anilines is 2. The summed E-state index contributed by atoms with van der Waals surface area (Å²) in [5, 5.41) is 3.16. The number of hydrogen-bond acceptors (Lipinski definition) is 8. The second-order valence-corrected chi connectivity index (χ2v) is 15.6. The van der Waals surface area contributed by atoms with Crippen LogP contribution in [0.2, 0.25) is 0 Å². The van der Waals surface area contributed by atoms with E-state index in [0.717, 1.165) is 22.4 Å². The fourth-order valence-electron chi connectivity index (χ4n) is 5.41. The predicted octanol–water partition coefficient (Wildman–Crippen LogP) is 5.44. The van der Waals surface area contributed by atoms with E-state index in [1.807, 2.05) is 0 Å². The summed E-state index contributed by atoms with van der Waals surface area (Å²) in [6.45, 7) is 4.63. The summed E-state index contributed by atoms with van der Waals surface area (Å²) in [7, 11) is -7.94. The summed E-state index contributed by atoms with van der Waals surface area (Å²) >= 11 is 0. The molecule has 0 saturated heterocycles. The molecule has 0 fully saturated rings. The van der Waals surface area contributed by atoms with Crippen LogP contribution in [0.4, 0.5) is 20.2 Å². The highest BCUT2D eigenvalue weighted by atomic mass is 32.2. The van der Waals surface area contributed by atoms with Gasteiger partial charge in [0.15, 0.2) is 9.84 Å². The third-order valence-electron chi connectivity index (χ3n) is 7.92. The first-order chi connectivity index (χ1) is 21.6. The number of benzene rings is 2. The van der Waals surface area contributed by atoms with Crippen LogP contribution in [0.25, 0.3) is 16.5 Å². The summed E-state index contributed by atoms with van der Waals surface area (Å²) in [5.41, 5.74) is 0.810. The Morgan fingerprint density at radius 2 is 1.78 bits per heavy atom. The second-order valence-electron chi connectivity index (χ2n) is 11.3. The maximum atomic E-state index is 14.6. The topological polar surface area (TPSA) is 144 Å². The molecule has 1 aliphatic carbocycles. The molecule has 0 radical (unpaired) electrons. The van der Waals surface area contributed by atoms with E-state index in [2.05, 4.69) is 10.3 Å². The monoisotopic (exact) mass is 671 g/mol. The molecular formula is C32H31F2N3O7S2. The molecule has 14 heteroatoms. The number of allylic oxidation sites excluding steroid dienone is 3. The van der Waals surface area contributed by atoms with Crippen LogP contribution in [0, 0.1) is 11.6 Å². The Labute approximate surface area is 264 Å². The summed E-state index contributed by atoms with van der Waals surface area (Å²) in [6, 6.07) is 10.6. The minimum absolute atomic E-state index is 0.0182. The highest BCUT2D eigenvalue weighted by molar-refractivity contribution is 7.91. The Morgan fingerprint density at radius 3 is 2.43 bits per heavy atom. The number of carbonyl (C=O) groups is 1. The van der Waals surface area contributed by atoms with Gasteiger partial charge in [0.25, 0.3) is 5.56 Å². The van der Waals surface area contributed by atoms with Crippen molar-refractivity contribution >= 4 is 53.7 Å². The van der Waals surface area contributed by atoms with Crippen molar-refractivity contribution in [2.75, 3.05) is 18.2 Å². The largest absolute Gasteiger partial charge is 0.461 e. The van der Waals surface area contributed by atoms with Crippen molar-refractivity contribution in [2.24, 2.45) is 0 Å². The molecule has 1 unspecified atom stereocenters. The van der Waals surface area contributed by atoms with Gasteiger partial charge in [-0.3, -0.25) is 4.79 Å². The van der Waals surface area contributed by atoms with Crippen LogP contribution in [0.5, 0.6) is 0 Å². The van der Waals surface area contributed by atoms with Gasteiger partial charge in [0.2, 0.25) is 10.0 Å². The average molecular weight is 672 g/mol. The van der Waals surface area contributed by atoms with Crippen LogP contribution in [0.1, 0.15) is 48.8 Å². The molecule has 0 amide bonds. The number of carbonyl (C=O) groups excluding carboxylic acids is 1. The number of hydrogen-bond donors (Lipinski definition) is 2. The Balaban J connectivity index is 1.62. The molecule has 0 spiro atoms. The van der Waals surface area contributed by atoms with E-state index in [4.69, 9.17) is 4.74 Å². The van der Waals surface area contributed by atoms with Gasteiger partial charge in [-0.05, 0) is 80.3 Å². The number of ether oxygens (including phenoxy) is 1. The highest BCUT2D eigenvalue weighted by Gasteiger charge is 2.45. The molecule has 2 N–H and O–H groups in total. The highest BCUT2D eigenvalue weighted by Crippen LogP contribution is 2.42. The molecule has 5 rings (SSSR count). The van der Waals surface area contributed by atoms with Gasteiger partial charge < -0.3 is 15.0 Å². The molecule has 1 atom stereocenters. The molecule has 46 heavy (non-hydrogen) atoms. The lowest BCUT2D eigenvalue weighted by atomic mass is 9.86. The fourth-order valence-corrected chi connectivity index (χ4v) is 8.17. The quantitative estimate of drug-likeness (QED) is 0.224. The first-order valence-corrected chi connectivity index (χ1v) is 17.6. The zero-order valence-corrected chi connectivity index (χ0v) is 27.0. The van der Waals surface area contributed by atoms with Crippen molar-refractivity contribution in [1.82, 2.24) is 8.96 Å². The van der Waals surface area contributed by atoms with Crippen LogP contribution >= 0.6 is 0 Å². The van der Waals surface area contributed by atoms with Gasteiger partial charge in [-0.25, -0.2) is 34.4 Å². The van der Waals surface area contributed by atoms with Crippen LogP contribution < -0.4 is 10.9 Å². The Morgan fingerprint density at radius 1 is 1.07 bits per heavy atom. The normalized spacial score (nSPS) is 17.0. The standard InChI is InChI=1S/C32H31F2N3O7S2/c1-5-44-31(39)28-16-22-11-13-35-30(38)29(22)37(28)46(42,43)32(3)12-10-21(14-19(32)2)24-15-20(18-45(4,40)41)6-8-26(24)36-27-9-7-23(33)17-25(27)34/h6-11,13-17,36H,5,12,18H2,1-4H3,(H,35,38). The number of nitrogens with one attached hydrogen (secondary N) is 2. The van der Waals surface area contributed by atoms with E-state index in [0.29, 0.717) is 28.0 Å². The average Bonchev–Trinajstić information content (AvgIpc) is 3.38. The molecule has 242 valence electrons. The Bertz CT molecular complexity index is 2240. The molecule has 0 bridgehead atoms. The zero-order chi connectivity index (χ0) is 33.6. The van der Waals surface area contributed by atoms with E-state index < -0.39 is 47.8 Å². The molecule has 0 aliphatic heterocycles. The van der Waals surface area contributed by atoms with Gasteiger partial charge in [0, 0.05) is 35.2 Å². The lowest BCUT2D eigenvalue weighted by Gasteiger charge is -2.34. The van der Waals surface area contributed by atoms with E-state index in [9.17, 15) is 35.2 Å². The van der Waals surface area contributed by atoms with Gasteiger partial charge in [-0.15, -0.1) is 0 Å². The number of aromatic nitrogens is 2. The van der Waals surface area contributed by atoms with Crippen molar-refractivity contribution < 1.29 is 35.1 Å². The molecule has 2 aromatic carbocycles. The van der Waals surface area contributed by atoms with E-state index >= 15 is 0 Å². The molecule has 2 aromatic heterocycles. The number of sulfone groups is 1. The number of nitrogens with zero attached hydrogens (tertiary/aromatic N) is 1. The molecule has 2 heterocycles. The number of aromatic amines is 1. The lowest BCUT2D eigenvalue weighted by Crippen LogP contribution is -2.43. The summed E-state index contributed by atoms with van der Waals surface area (Å²) < 4.78 is 85.5. The minimum atomic E-state index is -4.51. The van der Waals surface area contributed by atoms with Crippen LogP contribution in [-0.4, -0.2) is 49.4 Å². The van der Waals surface area contributed by atoms with E-state index in [-0.39, 0.29) is 41.1 Å². The van der Waals surface area contributed by atoms with E-state index in [1.165, 1.54) is 31.3 Å². The third-order valence-corrected chi connectivity index (χ3v) is 11.3. The van der Waals surface area contributed by atoms with Crippen molar-refractivity contribution in [1.29, 1.82) is 0 Å². The van der Waals surface area contributed by atoms with Crippen molar-refractivity contribution in [2.45, 2.75) is 37.7 Å². The van der Waals surface area contributed by atoms with Gasteiger partial charge in [0.05, 0.1) is 18.0 Å². The Kier molecular flexibility index (Phi) is 8.55. The zero-order valence-electron chi connectivity index (χ0n) is 25.3. The van der Waals surface area contributed by atoms with Gasteiger partial charge >= 0.3 is 5.97 Å². The fraction of sp³-hybridized carbons (Fsp3) is 0.250. The first-order valence-electron chi connectivity index (χ1n) is 14.1. The molecule has 4 aromatic rings. The van der Waals surface area contributed by atoms with Gasteiger partial charge in [0.1, 0.15) is 27.6 Å².